The second-order valence-corrected chi connectivity index (χ2v) is 5.34. The molecule has 0 saturated heterocycles. The Hall–Kier alpha value is -1.01. The smallest absolute Gasteiger partial charge is 0.106 e. The van der Waals surface area contributed by atoms with Gasteiger partial charge in [0.2, 0.25) is 0 Å². The molecule has 1 aromatic heterocycles. The van der Waals surface area contributed by atoms with Gasteiger partial charge in [-0.2, -0.15) is 0 Å². The molecule has 0 amide bonds. The highest BCUT2D eigenvalue weighted by Gasteiger charge is 2.03. The van der Waals surface area contributed by atoms with E-state index in [0.29, 0.717) is 10.7 Å². The molecule has 1 heterocycles. The standard InChI is InChI=1S/C10H15N3OS2/c1-16(14)6-2-4-13-9-7-12-5-3-8(9)10(11)15/h3,5,7,13H,2,4,6H2,1H3,(H2,11,15). The molecule has 0 bridgehead atoms. The van der Waals surface area contributed by atoms with Crippen LogP contribution in [0.4, 0.5) is 5.69 Å². The molecule has 0 aliphatic rings. The Labute approximate surface area is 103 Å². The van der Waals surface area contributed by atoms with Crippen molar-refractivity contribution in [1.82, 2.24) is 4.98 Å². The molecule has 16 heavy (non-hydrogen) atoms. The zero-order chi connectivity index (χ0) is 12.0. The normalized spacial score (nSPS) is 12.1. The van der Waals surface area contributed by atoms with Crippen LogP contribution in [0.25, 0.3) is 0 Å². The van der Waals surface area contributed by atoms with Crippen LogP contribution in [0, 0.1) is 0 Å². The summed E-state index contributed by atoms with van der Waals surface area (Å²) >= 11 is 4.93. The van der Waals surface area contributed by atoms with Crippen LogP contribution in [0.1, 0.15) is 12.0 Å². The highest BCUT2D eigenvalue weighted by Crippen LogP contribution is 2.12. The molecule has 1 aromatic rings. The second-order valence-electron chi connectivity index (χ2n) is 3.34. The third-order valence-corrected chi connectivity index (χ3v) is 3.09. The van der Waals surface area contributed by atoms with Gasteiger partial charge in [-0.05, 0) is 12.5 Å². The van der Waals surface area contributed by atoms with Crippen molar-refractivity contribution >= 4 is 33.7 Å². The summed E-state index contributed by atoms with van der Waals surface area (Å²) in [4.78, 5) is 4.35. The first-order valence-corrected chi connectivity index (χ1v) is 7.02. The van der Waals surface area contributed by atoms with Gasteiger partial charge in [0.1, 0.15) is 4.99 Å². The van der Waals surface area contributed by atoms with E-state index in [9.17, 15) is 4.21 Å². The first kappa shape index (κ1) is 13.1. The van der Waals surface area contributed by atoms with E-state index in [4.69, 9.17) is 18.0 Å². The first-order valence-electron chi connectivity index (χ1n) is 4.89. The summed E-state index contributed by atoms with van der Waals surface area (Å²) in [5.41, 5.74) is 7.21. The number of thiocarbonyl (C=S) groups is 1. The zero-order valence-electron chi connectivity index (χ0n) is 9.10. The van der Waals surface area contributed by atoms with E-state index in [0.717, 1.165) is 24.2 Å². The lowest BCUT2D eigenvalue weighted by Crippen LogP contribution is -2.14. The summed E-state index contributed by atoms with van der Waals surface area (Å²) in [6.07, 6.45) is 5.89. The maximum Gasteiger partial charge on any atom is 0.106 e. The zero-order valence-corrected chi connectivity index (χ0v) is 10.7. The maximum absolute atomic E-state index is 10.9. The van der Waals surface area contributed by atoms with Gasteiger partial charge >= 0.3 is 0 Å². The molecule has 0 aliphatic carbocycles. The summed E-state index contributed by atoms with van der Waals surface area (Å²) in [5, 5.41) is 3.19. The Morgan fingerprint density at radius 3 is 3.06 bits per heavy atom. The van der Waals surface area contributed by atoms with E-state index in [1.807, 2.05) is 0 Å². The molecule has 3 N–H and O–H groups in total. The number of hydrogen-bond acceptors (Lipinski definition) is 4. The average Bonchev–Trinajstić information content (AvgIpc) is 2.24. The number of nitrogens with zero attached hydrogens (tertiary/aromatic N) is 1. The SMILES string of the molecule is CS(=O)CCCNc1cnccc1C(N)=S. The van der Waals surface area contributed by atoms with Crippen LogP contribution in [0.2, 0.25) is 0 Å². The average molecular weight is 257 g/mol. The summed E-state index contributed by atoms with van der Waals surface area (Å²) in [7, 11) is -0.744. The minimum absolute atomic E-state index is 0.351. The Bertz CT molecular complexity index is 395. The van der Waals surface area contributed by atoms with Gasteiger partial charge in [-0.3, -0.25) is 9.19 Å². The number of hydrogen-bond donors (Lipinski definition) is 2. The molecule has 0 fully saturated rings. The van der Waals surface area contributed by atoms with Crippen molar-refractivity contribution in [3.63, 3.8) is 0 Å². The molecule has 1 unspecified atom stereocenters. The molecular formula is C10H15N3OS2. The van der Waals surface area contributed by atoms with E-state index in [-0.39, 0.29) is 0 Å². The van der Waals surface area contributed by atoms with Crippen molar-refractivity contribution in [2.75, 3.05) is 23.9 Å². The van der Waals surface area contributed by atoms with Gasteiger partial charge in [-0.15, -0.1) is 0 Å². The number of nitrogens with one attached hydrogen (secondary N) is 1. The Kier molecular flexibility index (Phi) is 5.34. The predicted octanol–water partition coefficient (Wildman–Crippen LogP) is 0.896. The van der Waals surface area contributed by atoms with Crippen LogP contribution < -0.4 is 11.1 Å². The van der Waals surface area contributed by atoms with Crippen LogP contribution in [-0.2, 0) is 10.8 Å². The molecule has 6 heteroatoms. The molecule has 4 nitrogen and oxygen atoms in total. The minimum atomic E-state index is -0.744. The molecule has 88 valence electrons. The third kappa shape index (κ3) is 4.24. The van der Waals surface area contributed by atoms with Crippen molar-refractivity contribution in [2.45, 2.75) is 6.42 Å². The third-order valence-electron chi connectivity index (χ3n) is 2.01. The van der Waals surface area contributed by atoms with E-state index in [2.05, 4.69) is 10.3 Å². The van der Waals surface area contributed by atoms with E-state index >= 15 is 0 Å². The Balaban J connectivity index is 2.53. The highest BCUT2D eigenvalue weighted by atomic mass is 32.2. The second kappa shape index (κ2) is 6.55. The van der Waals surface area contributed by atoms with Crippen molar-refractivity contribution in [3.05, 3.63) is 24.0 Å². The molecule has 0 spiro atoms. The summed E-state index contributed by atoms with van der Waals surface area (Å²) in [6.45, 7) is 0.737. The number of anilines is 1. The van der Waals surface area contributed by atoms with Crippen molar-refractivity contribution in [2.24, 2.45) is 5.73 Å². The molecule has 0 saturated carbocycles. The Morgan fingerprint density at radius 1 is 1.69 bits per heavy atom. The number of nitrogens with two attached hydrogens (primary N) is 1. The lowest BCUT2D eigenvalue weighted by Gasteiger charge is -2.09. The predicted molar refractivity (Wildman–Crippen MR) is 72.2 cm³/mol. The van der Waals surface area contributed by atoms with Crippen molar-refractivity contribution in [1.29, 1.82) is 0 Å². The largest absolute Gasteiger partial charge is 0.389 e. The number of aromatic nitrogens is 1. The first-order chi connectivity index (χ1) is 7.61. The quantitative estimate of drug-likeness (QED) is 0.585. The molecule has 0 aliphatic heterocycles. The Morgan fingerprint density at radius 2 is 2.44 bits per heavy atom. The molecule has 0 radical (unpaired) electrons. The molecule has 1 rings (SSSR count). The fraction of sp³-hybridized carbons (Fsp3) is 0.400. The lowest BCUT2D eigenvalue weighted by atomic mass is 10.2. The van der Waals surface area contributed by atoms with Gasteiger partial charge in [0.15, 0.2) is 0 Å². The minimum Gasteiger partial charge on any atom is -0.389 e. The highest BCUT2D eigenvalue weighted by molar-refractivity contribution is 7.84. The molecule has 1 atom stereocenters. The van der Waals surface area contributed by atoms with Crippen LogP contribution in [0.3, 0.4) is 0 Å². The maximum atomic E-state index is 10.9. The van der Waals surface area contributed by atoms with Crippen molar-refractivity contribution in [3.8, 4) is 0 Å². The van der Waals surface area contributed by atoms with Gasteiger partial charge in [-0.1, -0.05) is 12.2 Å². The molecular weight excluding hydrogens is 242 g/mol. The van der Waals surface area contributed by atoms with Crippen LogP contribution in [-0.4, -0.2) is 32.7 Å². The van der Waals surface area contributed by atoms with E-state index in [1.165, 1.54) is 0 Å². The van der Waals surface area contributed by atoms with E-state index in [1.54, 1.807) is 24.7 Å². The number of rotatable bonds is 6. The number of pyridine rings is 1. The van der Waals surface area contributed by atoms with Gasteiger partial charge in [0.05, 0.1) is 11.9 Å². The van der Waals surface area contributed by atoms with Gasteiger partial charge in [0.25, 0.3) is 0 Å². The van der Waals surface area contributed by atoms with E-state index < -0.39 is 10.8 Å². The van der Waals surface area contributed by atoms with Crippen LogP contribution >= 0.6 is 12.2 Å². The van der Waals surface area contributed by atoms with Gasteiger partial charge < -0.3 is 11.1 Å². The van der Waals surface area contributed by atoms with Gasteiger partial charge in [-0.25, -0.2) is 0 Å². The van der Waals surface area contributed by atoms with Crippen LogP contribution in [0.15, 0.2) is 18.5 Å². The van der Waals surface area contributed by atoms with Crippen LogP contribution in [0.5, 0.6) is 0 Å². The topological polar surface area (TPSA) is 68.0 Å². The van der Waals surface area contributed by atoms with Gasteiger partial charge in [0, 0.05) is 41.1 Å². The van der Waals surface area contributed by atoms with Crippen molar-refractivity contribution < 1.29 is 4.21 Å². The molecule has 0 aromatic carbocycles. The lowest BCUT2D eigenvalue weighted by molar-refractivity contribution is 0.685. The fourth-order valence-electron chi connectivity index (χ4n) is 1.25. The summed E-state index contributed by atoms with van der Waals surface area (Å²) in [6, 6.07) is 1.78. The monoisotopic (exact) mass is 257 g/mol. The fourth-order valence-corrected chi connectivity index (χ4v) is 1.98. The summed E-state index contributed by atoms with van der Waals surface area (Å²) in [5.74, 6) is 0.690. The summed E-state index contributed by atoms with van der Waals surface area (Å²) < 4.78 is 10.9.